The molecule has 0 unspecified atom stereocenters. The van der Waals surface area contributed by atoms with Gasteiger partial charge in [0.05, 0.1) is 0 Å². The van der Waals surface area contributed by atoms with Gasteiger partial charge in [-0.05, 0) is 24.6 Å². The zero-order valence-electron chi connectivity index (χ0n) is 9.08. The summed E-state index contributed by atoms with van der Waals surface area (Å²) in [6.45, 7) is 5.75. The van der Waals surface area contributed by atoms with Crippen molar-refractivity contribution in [1.29, 1.82) is 0 Å². The molecule has 0 atom stereocenters. The van der Waals surface area contributed by atoms with Crippen molar-refractivity contribution < 1.29 is 0 Å². The van der Waals surface area contributed by atoms with E-state index in [-0.39, 0.29) is 5.56 Å². The molecule has 1 aromatic rings. The lowest BCUT2D eigenvalue weighted by molar-refractivity contribution is 0.510. The molecule has 3 heteroatoms. The Morgan fingerprint density at radius 2 is 2.21 bits per heavy atom. The molecule has 0 bridgehead atoms. The second-order valence-electron chi connectivity index (χ2n) is 3.95. The van der Waals surface area contributed by atoms with Crippen LogP contribution in [0.15, 0.2) is 23.1 Å². The van der Waals surface area contributed by atoms with Crippen molar-refractivity contribution in [2.75, 3.05) is 7.05 Å². The van der Waals surface area contributed by atoms with E-state index < -0.39 is 0 Å². The minimum atomic E-state index is 0.0893. The van der Waals surface area contributed by atoms with E-state index in [1.54, 1.807) is 10.6 Å². The Morgan fingerprint density at radius 1 is 1.50 bits per heavy atom. The van der Waals surface area contributed by atoms with Crippen LogP contribution in [-0.2, 0) is 13.1 Å². The van der Waals surface area contributed by atoms with Crippen molar-refractivity contribution in [2.24, 2.45) is 5.92 Å². The topological polar surface area (TPSA) is 34.0 Å². The van der Waals surface area contributed by atoms with Crippen molar-refractivity contribution in [3.8, 4) is 0 Å². The van der Waals surface area contributed by atoms with Crippen LogP contribution < -0.4 is 10.9 Å². The summed E-state index contributed by atoms with van der Waals surface area (Å²) in [6, 6.07) is 3.68. The molecule has 0 radical (unpaired) electrons. The van der Waals surface area contributed by atoms with E-state index in [9.17, 15) is 4.79 Å². The molecular weight excluding hydrogens is 176 g/mol. The second kappa shape index (κ2) is 4.96. The van der Waals surface area contributed by atoms with Crippen LogP contribution in [0.2, 0.25) is 0 Å². The highest BCUT2D eigenvalue weighted by Crippen LogP contribution is 1.98. The Labute approximate surface area is 84.8 Å². The minimum Gasteiger partial charge on any atom is -0.316 e. The average Bonchev–Trinajstić information content (AvgIpc) is 2.10. The van der Waals surface area contributed by atoms with Gasteiger partial charge in [-0.15, -0.1) is 0 Å². The van der Waals surface area contributed by atoms with Crippen LogP contribution in [0.1, 0.15) is 19.4 Å². The molecule has 1 heterocycles. The first kappa shape index (κ1) is 11.0. The van der Waals surface area contributed by atoms with Crippen molar-refractivity contribution in [3.05, 3.63) is 34.2 Å². The van der Waals surface area contributed by atoms with Gasteiger partial charge < -0.3 is 9.88 Å². The van der Waals surface area contributed by atoms with Gasteiger partial charge in [0.1, 0.15) is 0 Å². The summed E-state index contributed by atoms with van der Waals surface area (Å²) in [5.41, 5.74) is 1.13. The first-order valence-electron chi connectivity index (χ1n) is 4.97. The molecule has 0 fully saturated rings. The third-order valence-electron chi connectivity index (χ3n) is 2.00. The highest BCUT2D eigenvalue weighted by atomic mass is 16.1. The van der Waals surface area contributed by atoms with Gasteiger partial charge in [-0.1, -0.05) is 13.8 Å². The molecule has 0 amide bonds. The first-order chi connectivity index (χ1) is 6.63. The number of pyridine rings is 1. The first-order valence-corrected chi connectivity index (χ1v) is 4.97. The number of hydrogen-bond acceptors (Lipinski definition) is 2. The largest absolute Gasteiger partial charge is 0.316 e. The van der Waals surface area contributed by atoms with Crippen molar-refractivity contribution in [1.82, 2.24) is 9.88 Å². The lowest BCUT2D eigenvalue weighted by atomic mass is 10.2. The fourth-order valence-electron chi connectivity index (χ4n) is 1.41. The van der Waals surface area contributed by atoms with Crippen LogP contribution in [0.5, 0.6) is 0 Å². The molecule has 1 rings (SSSR count). The summed E-state index contributed by atoms with van der Waals surface area (Å²) in [7, 11) is 1.87. The zero-order valence-corrected chi connectivity index (χ0v) is 9.08. The smallest absolute Gasteiger partial charge is 0.250 e. The molecule has 14 heavy (non-hydrogen) atoms. The Balaban J connectivity index is 2.85. The Kier molecular flexibility index (Phi) is 3.89. The van der Waals surface area contributed by atoms with Crippen LogP contribution >= 0.6 is 0 Å². The Hall–Kier alpha value is -1.09. The molecule has 0 saturated heterocycles. The van der Waals surface area contributed by atoms with E-state index in [0.717, 1.165) is 18.7 Å². The van der Waals surface area contributed by atoms with E-state index in [0.29, 0.717) is 5.92 Å². The number of aromatic nitrogens is 1. The third-order valence-corrected chi connectivity index (χ3v) is 2.00. The molecule has 0 aliphatic heterocycles. The quantitative estimate of drug-likeness (QED) is 0.782. The number of hydrogen-bond donors (Lipinski definition) is 1. The second-order valence-corrected chi connectivity index (χ2v) is 3.95. The minimum absolute atomic E-state index is 0.0893. The number of rotatable bonds is 4. The molecule has 3 nitrogen and oxygen atoms in total. The molecule has 1 N–H and O–H groups in total. The number of nitrogens with zero attached hydrogens (tertiary/aromatic N) is 1. The normalized spacial score (nSPS) is 10.9. The van der Waals surface area contributed by atoms with Gasteiger partial charge in [-0.3, -0.25) is 4.79 Å². The maximum atomic E-state index is 11.6. The van der Waals surface area contributed by atoms with Gasteiger partial charge in [0.2, 0.25) is 0 Å². The summed E-state index contributed by atoms with van der Waals surface area (Å²) in [4.78, 5) is 11.6. The molecule has 0 aliphatic rings. The summed E-state index contributed by atoms with van der Waals surface area (Å²) in [5.74, 6) is 0.503. The number of nitrogens with one attached hydrogen (secondary N) is 1. The van der Waals surface area contributed by atoms with Crippen LogP contribution in [0.4, 0.5) is 0 Å². The van der Waals surface area contributed by atoms with Crippen LogP contribution in [-0.4, -0.2) is 11.6 Å². The summed E-state index contributed by atoms with van der Waals surface area (Å²) >= 11 is 0. The van der Waals surface area contributed by atoms with E-state index in [1.165, 1.54) is 0 Å². The molecule has 0 saturated carbocycles. The molecular formula is C11H18N2O. The molecule has 78 valence electrons. The van der Waals surface area contributed by atoms with Gasteiger partial charge in [0.15, 0.2) is 0 Å². The predicted molar refractivity (Wildman–Crippen MR) is 58.3 cm³/mol. The third kappa shape index (κ3) is 3.00. The van der Waals surface area contributed by atoms with Gasteiger partial charge in [-0.2, -0.15) is 0 Å². The summed E-state index contributed by atoms with van der Waals surface area (Å²) < 4.78 is 1.75. The zero-order chi connectivity index (χ0) is 10.6. The van der Waals surface area contributed by atoms with Gasteiger partial charge in [0, 0.05) is 25.4 Å². The van der Waals surface area contributed by atoms with Crippen molar-refractivity contribution >= 4 is 0 Å². The molecule has 0 aromatic carbocycles. The van der Waals surface area contributed by atoms with Crippen LogP contribution in [0.3, 0.4) is 0 Å². The van der Waals surface area contributed by atoms with E-state index in [4.69, 9.17) is 0 Å². The maximum absolute atomic E-state index is 11.6. The van der Waals surface area contributed by atoms with Gasteiger partial charge >= 0.3 is 0 Å². The summed E-state index contributed by atoms with van der Waals surface area (Å²) in [6.07, 6.45) is 1.87. The van der Waals surface area contributed by atoms with Crippen molar-refractivity contribution in [3.63, 3.8) is 0 Å². The standard InChI is InChI=1S/C11H18N2O/c1-9(2)8-13-5-4-10(7-12-3)6-11(13)14/h4-6,9,12H,7-8H2,1-3H3. The van der Waals surface area contributed by atoms with Crippen molar-refractivity contribution in [2.45, 2.75) is 26.9 Å². The molecule has 0 aliphatic carbocycles. The Bertz CT molecular complexity index is 341. The van der Waals surface area contributed by atoms with E-state index in [1.807, 2.05) is 19.3 Å². The monoisotopic (exact) mass is 194 g/mol. The SMILES string of the molecule is CNCc1ccn(CC(C)C)c(=O)c1. The maximum Gasteiger partial charge on any atom is 0.250 e. The fourth-order valence-corrected chi connectivity index (χ4v) is 1.41. The lowest BCUT2D eigenvalue weighted by Crippen LogP contribution is -2.22. The Morgan fingerprint density at radius 3 is 2.71 bits per heavy atom. The lowest BCUT2D eigenvalue weighted by Gasteiger charge is -2.09. The molecule has 1 aromatic heterocycles. The van der Waals surface area contributed by atoms with Crippen LogP contribution in [0, 0.1) is 5.92 Å². The predicted octanol–water partition coefficient (Wildman–Crippen LogP) is 1.22. The molecule has 0 spiro atoms. The van der Waals surface area contributed by atoms with Gasteiger partial charge in [-0.25, -0.2) is 0 Å². The highest BCUT2D eigenvalue weighted by molar-refractivity contribution is 5.10. The van der Waals surface area contributed by atoms with Crippen LogP contribution in [0.25, 0.3) is 0 Å². The summed E-state index contributed by atoms with van der Waals surface area (Å²) in [5, 5.41) is 3.02. The van der Waals surface area contributed by atoms with E-state index >= 15 is 0 Å². The average molecular weight is 194 g/mol. The van der Waals surface area contributed by atoms with E-state index in [2.05, 4.69) is 19.2 Å². The fraction of sp³-hybridized carbons (Fsp3) is 0.545. The van der Waals surface area contributed by atoms with Gasteiger partial charge in [0.25, 0.3) is 5.56 Å². The highest BCUT2D eigenvalue weighted by Gasteiger charge is 2.00.